The van der Waals surface area contributed by atoms with E-state index in [9.17, 15) is 4.79 Å². The molecule has 4 heteroatoms. The van der Waals surface area contributed by atoms with Gasteiger partial charge in [-0.2, -0.15) is 0 Å². The highest BCUT2D eigenvalue weighted by Gasteiger charge is 2.09. The van der Waals surface area contributed by atoms with E-state index in [0.717, 1.165) is 22.2 Å². The molecule has 0 aliphatic carbocycles. The Morgan fingerprint density at radius 1 is 1.44 bits per heavy atom. The fourth-order valence-electron chi connectivity index (χ4n) is 2.15. The molecule has 96 valence electrons. The fourth-order valence-corrected chi connectivity index (χ4v) is 2.15. The van der Waals surface area contributed by atoms with Crippen LogP contribution in [0.2, 0.25) is 0 Å². The fraction of sp³-hybridized carbons (Fsp3) is 0.357. The Labute approximate surface area is 106 Å². The molecule has 1 N–H and O–H groups in total. The van der Waals surface area contributed by atoms with E-state index < -0.39 is 5.97 Å². The maximum atomic E-state index is 10.7. The normalized spacial score (nSPS) is 10.8. The van der Waals surface area contributed by atoms with Gasteiger partial charge < -0.3 is 14.4 Å². The van der Waals surface area contributed by atoms with E-state index in [0.29, 0.717) is 13.0 Å². The molecule has 0 saturated carbocycles. The highest BCUT2D eigenvalue weighted by Crippen LogP contribution is 2.26. The molecule has 0 radical (unpaired) electrons. The van der Waals surface area contributed by atoms with Gasteiger partial charge in [0.2, 0.25) is 0 Å². The van der Waals surface area contributed by atoms with Crippen LogP contribution in [0.25, 0.3) is 10.9 Å². The van der Waals surface area contributed by atoms with Gasteiger partial charge in [0.05, 0.1) is 6.61 Å². The third-order valence-electron chi connectivity index (χ3n) is 2.96. The van der Waals surface area contributed by atoms with E-state index >= 15 is 0 Å². The lowest BCUT2D eigenvalue weighted by molar-refractivity contribution is -0.136. The number of hydrogen-bond donors (Lipinski definition) is 1. The molecule has 1 aromatic heterocycles. The van der Waals surface area contributed by atoms with Crippen LogP contribution in [0.4, 0.5) is 0 Å². The van der Waals surface area contributed by atoms with Crippen molar-refractivity contribution < 1.29 is 14.6 Å². The Kier molecular flexibility index (Phi) is 3.55. The summed E-state index contributed by atoms with van der Waals surface area (Å²) >= 11 is 0. The van der Waals surface area contributed by atoms with Gasteiger partial charge in [0.25, 0.3) is 0 Å². The second kappa shape index (κ2) is 5.12. The Hall–Kier alpha value is -1.97. The number of nitrogens with zero attached hydrogens (tertiary/aromatic N) is 1. The maximum Gasteiger partial charge on any atom is 0.303 e. The summed E-state index contributed by atoms with van der Waals surface area (Å²) in [6.07, 6.45) is 2.68. The van der Waals surface area contributed by atoms with Crippen molar-refractivity contribution in [1.29, 1.82) is 0 Å². The molecule has 0 atom stereocenters. The van der Waals surface area contributed by atoms with Crippen molar-refractivity contribution in [1.82, 2.24) is 4.57 Å². The summed E-state index contributed by atoms with van der Waals surface area (Å²) in [6, 6.07) is 5.92. The first-order valence-electron chi connectivity index (χ1n) is 6.04. The molecule has 0 spiro atoms. The van der Waals surface area contributed by atoms with Crippen LogP contribution in [-0.4, -0.2) is 22.2 Å². The summed E-state index contributed by atoms with van der Waals surface area (Å²) < 4.78 is 7.49. The highest BCUT2D eigenvalue weighted by atomic mass is 16.5. The van der Waals surface area contributed by atoms with Crippen molar-refractivity contribution >= 4 is 16.9 Å². The van der Waals surface area contributed by atoms with E-state index in [1.54, 1.807) is 0 Å². The van der Waals surface area contributed by atoms with Gasteiger partial charge in [-0.1, -0.05) is 0 Å². The molecule has 1 heterocycles. The SMILES string of the molecule is CCOc1ccc2c(c1)c(CCC(=O)O)cn2C. The number of ether oxygens (including phenoxy) is 1. The summed E-state index contributed by atoms with van der Waals surface area (Å²) in [5, 5.41) is 9.83. The van der Waals surface area contributed by atoms with Crippen LogP contribution >= 0.6 is 0 Å². The van der Waals surface area contributed by atoms with Crippen LogP contribution in [-0.2, 0) is 18.3 Å². The molecule has 0 fully saturated rings. The standard InChI is InChI=1S/C14H17NO3/c1-3-18-11-5-6-13-12(8-11)10(9-15(13)2)4-7-14(16)17/h5-6,8-9H,3-4,7H2,1-2H3,(H,16,17). The number of hydrogen-bond acceptors (Lipinski definition) is 2. The van der Waals surface area contributed by atoms with Gasteiger partial charge >= 0.3 is 5.97 Å². The van der Waals surface area contributed by atoms with E-state index in [1.165, 1.54) is 0 Å². The van der Waals surface area contributed by atoms with E-state index in [2.05, 4.69) is 0 Å². The predicted molar refractivity (Wildman–Crippen MR) is 70.0 cm³/mol. The average Bonchev–Trinajstić information content (AvgIpc) is 2.64. The Balaban J connectivity index is 2.39. The van der Waals surface area contributed by atoms with Crippen molar-refractivity contribution in [2.45, 2.75) is 19.8 Å². The molecule has 0 aliphatic heterocycles. The quantitative estimate of drug-likeness (QED) is 0.883. The molecule has 4 nitrogen and oxygen atoms in total. The first-order chi connectivity index (χ1) is 8.61. The first-order valence-corrected chi connectivity index (χ1v) is 6.04. The van der Waals surface area contributed by atoms with E-state index in [4.69, 9.17) is 9.84 Å². The second-order valence-corrected chi connectivity index (χ2v) is 4.27. The number of aromatic nitrogens is 1. The molecule has 2 aromatic rings. The lowest BCUT2D eigenvalue weighted by Crippen LogP contribution is -1.97. The molecule has 2 rings (SSSR count). The number of carboxylic acids is 1. The van der Waals surface area contributed by atoms with Gasteiger partial charge in [0.15, 0.2) is 0 Å². The Morgan fingerprint density at radius 3 is 2.89 bits per heavy atom. The largest absolute Gasteiger partial charge is 0.494 e. The lowest BCUT2D eigenvalue weighted by atomic mass is 10.1. The van der Waals surface area contributed by atoms with Gasteiger partial charge in [0.1, 0.15) is 5.75 Å². The van der Waals surface area contributed by atoms with Crippen LogP contribution in [0.5, 0.6) is 5.75 Å². The summed E-state index contributed by atoms with van der Waals surface area (Å²) in [4.78, 5) is 10.7. The molecule has 0 unspecified atom stereocenters. The van der Waals surface area contributed by atoms with Gasteiger partial charge in [-0.15, -0.1) is 0 Å². The van der Waals surface area contributed by atoms with Crippen LogP contribution in [0.1, 0.15) is 18.9 Å². The number of aliphatic carboxylic acids is 1. The Bertz CT molecular complexity index is 572. The van der Waals surface area contributed by atoms with Crippen LogP contribution in [0.3, 0.4) is 0 Å². The van der Waals surface area contributed by atoms with Crippen molar-refractivity contribution in [2.75, 3.05) is 6.61 Å². The van der Waals surface area contributed by atoms with Crippen LogP contribution in [0.15, 0.2) is 24.4 Å². The molecule has 0 aliphatic rings. The molecule has 1 aromatic carbocycles. The number of carbonyl (C=O) groups is 1. The van der Waals surface area contributed by atoms with Crippen molar-refractivity contribution in [3.05, 3.63) is 30.0 Å². The minimum absolute atomic E-state index is 0.151. The van der Waals surface area contributed by atoms with Gasteiger partial charge in [-0.3, -0.25) is 4.79 Å². The average molecular weight is 247 g/mol. The number of benzene rings is 1. The predicted octanol–water partition coefficient (Wildman–Crippen LogP) is 2.59. The van der Waals surface area contributed by atoms with Crippen LogP contribution in [0, 0.1) is 0 Å². The molecule has 0 amide bonds. The smallest absolute Gasteiger partial charge is 0.303 e. The first kappa shape index (κ1) is 12.5. The molecular formula is C14H17NO3. The zero-order valence-electron chi connectivity index (χ0n) is 10.6. The number of carboxylic acid groups (broad SMARTS) is 1. The molecule has 0 bridgehead atoms. The van der Waals surface area contributed by atoms with Gasteiger partial charge in [-0.05, 0) is 37.1 Å². The topological polar surface area (TPSA) is 51.5 Å². The molecule has 0 saturated heterocycles. The summed E-state index contributed by atoms with van der Waals surface area (Å²) in [6.45, 7) is 2.57. The maximum absolute atomic E-state index is 10.7. The van der Waals surface area contributed by atoms with Crippen LogP contribution < -0.4 is 4.74 Å². The minimum atomic E-state index is -0.770. The second-order valence-electron chi connectivity index (χ2n) is 4.27. The summed E-state index contributed by atoms with van der Waals surface area (Å²) in [5.41, 5.74) is 2.15. The zero-order chi connectivity index (χ0) is 13.1. The summed E-state index contributed by atoms with van der Waals surface area (Å²) in [7, 11) is 1.97. The van der Waals surface area contributed by atoms with Gasteiger partial charge in [-0.25, -0.2) is 0 Å². The third kappa shape index (κ3) is 2.47. The van der Waals surface area contributed by atoms with E-state index in [1.807, 2.05) is 42.9 Å². The zero-order valence-corrected chi connectivity index (χ0v) is 10.6. The molecular weight excluding hydrogens is 230 g/mol. The van der Waals surface area contributed by atoms with Crippen molar-refractivity contribution in [2.24, 2.45) is 7.05 Å². The lowest BCUT2D eigenvalue weighted by Gasteiger charge is -2.04. The van der Waals surface area contributed by atoms with E-state index in [-0.39, 0.29) is 6.42 Å². The molecule has 18 heavy (non-hydrogen) atoms. The highest BCUT2D eigenvalue weighted by molar-refractivity contribution is 5.85. The Morgan fingerprint density at radius 2 is 2.22 bits per heavy atom. The van der Waals surface area contributed by atoms with Crippen molar-refractivity contribution in [3.8, 4) is 5.75 Å². The van der Waals surface area contributed by atoms with Gasteiger partial charge in [0, 0.05) is 30.6 Å². The minimum Gasteiger partial charge on any atom is -0.494 e. The van der Waals surface area contributed by atoms with Crippen molar-refractivity contribution in [3.63, 3.8) is 0 Å². The third-order valence-corrected chi connectivity index (χ3v) is 2.96. The monoisotopic (exact) mass is 247 g/mol. The summed E-state index contributed by atoms with van der Waals surface area (Å²) in [5.74, 6) is 0.0562. The number of aryl methyl sites for hydroxylation is 2. The number of rotatable bonds is 5. The number of fused-ring (bicyclic) bond motifs is 1.